The zero-order valence-electron chi connectivity index (χ0n) is 25.4. The molecular weight excluding hydrogens is 823 g/mol. The van der Waals surface area contributed by atoms with Crippen LogP contribution in [0.5, 0.6) is 0 Å². The van der Waals surface area contributed by atoms with Crippen LogP contribution in [0, 0.1) is 30.5 Å². The molecule has 45 heavy (non-hydrogen) atoms. The van der Waals surface area contributed by atoms with Gasteiger partial charge in [-0.1, -0.05) is 13.8 Å². The highest BCUT2D eigenvalue weighted by atomic mass is 127. The molecule has 3 rings (SSSR count). The molecular formula is C31H33F3I2N2O7. The van der Waals surface area contributed by atoms with Gasteiger partial charge >= 0.3 is 11.9 Å². The van der Waals surface area contributed by atoms with Gasteiger partial charge in [-0.25, -0.2) is 22.8 Å². The summed E-state index contributed by atoms with van der Waals surface area (Å²) < 4.78 is 52.7. The summed E-state index contributed by atoms with van der Waals surface area (Å²) in [4.78, 5) is 50.4. The van der Waals surface area contributed by atoms with Crippen molar-refractivity contribution in [2.75, 3.05) is 33.9 Å². The Labute approximate surface area is 285 Å². The first kappa shape index (κ1) is 38.2. The Morgan fingerprint density at radius 1 is 0.933 bits per heavy atom. The van der Waals surface area contributed by atoms with Crippen molar-refractivity contribution in [3.8, 4) is 0 Å². The molecule has 0 aliphatic heterocycles. The number of aromatic nitrogens is 1. The van der Waals surface area contributed by atoms with E-state index in [4.69, 9.17) is 9.47 Å². The first-order chi connectivity index (χ1) is 21.1. The number of ether oxygens (including phenoxy) is 2. The van der Waals surface area contributed by atoms with Gasteiger partial charge in [-0.3, -0.25) is 9.59 Å². The first-order valence-electron chi connectivity index (χ1n) is 13.7. The number of Topliss-reactive ketones (excluding diaryl/α,β-unsaturated/α-hetero) is 1. The van der Waals surface area contributed by atoms with Gasteiger partial charge in [-0.15, -0.1) is 0 Å². The van der Waals surface area contributed by atoms with Crippen LogP contribution in [0.4, 0.5) is 13.2 Å². The SMILES string of the molecule is CCOC(=O)/C(=C\N(C)C)C(=O)c1cc(I)c(F)cc1F.CCOC(=O)c1cn([C@H](CO)C(C)C)c2cc(F)c(I)cc2c1=O. The van der Waals surface area contributed by atoms with E-state index in [2.05, 4.69) is 0 Å². The second-order valence-electron chi connectivity index (χ2n) is 10.1. The monoisotopic (exact) mass is 856 g/mol. The van der Waals surface area contributed by atoms with Gasteiger partial charge in [0.2, 0.25) is 11.2 Å². The van der Waals surface area contributed by atoms with E-state index in [-0.39, 0.29) is 55.0 Å². The number of hydrogen-bond acceptors (Lipinski definition) is 8. The van der Waals surface area contributed by atoms with Crippen LogP contribution in [0.25, 0.3) is 10.9 Å². The molecule has 3 aromatic rings. The number of halogens is 5. The van der Waals surface area contributed by atoms with Gasteiger partial charge in [0.05, 0.1) is 36.9 Å². The minimum absolute atomic E-state index is 0.0121. The van der Waals surface area contributed by atoms with Gasteiger partial charge in [-0.2, -0.15) is 0 Å². The molecule has 0 amide bonds. The summed E-state index contributed by atoms with van der Waals surface area (Å²) in [5.41, 5.74) is -0.965. The Kier molecular flexibility index (Phi) is 14.5. The van der Waals surface area contributed by atoms with E-state index in [1.54, 1.807) is 77.7 Å². The number of carbonyl (C=O) groups is 3. The Balaban J connectivity index is 0.000000317. The zero-order valence-corrected chi connectivity index (χ0v) is 29.7. The summed E-state index contributed by atoms with van der Waals surface area (Å²) in [6.45, 7) is 7.07. The van der Waals surface area contributed by atoms with Crippen molar-refractivity contribution in [1.82, 2.24) is 9.47 Å². The third-order valence-electron chi connectivity index (χ3n) is 6.27. The van der Waals surface area contributed by atoms with E-state index in [0.29, 0.717) is 11.6 Å². The molecule has 14 heteroatoms. The van der Waals surface area contributed by atoms with Crippen molar-refractivity contribution in [2.24, 2.45) is 5.92 Å². The molecule has 2 aromatic carbocycles. The quantitative estimate of drug-likeness (QED) is 0.0513. The number of carbonyl (C=O) groups excluding carboxylic acids is 3. The fourth-order valence-electron chi connectivity index (χ4n) is 4.11. The summed E-state index contributed by atoms with van der Waals surface area (Å²) in [6.07, 6.45) is 2.60. The van der Waals surface area contributed by atoms with Crippen LogP contribution in [0.2, 0.25) is 0 Å². The maximum atomic E-state index is 14.0. The maximum absolute atomic E-state index is 14.0. The summed E-state index contributed by atoms with van der Waals surface area (Å²) in [5.74, 6) is -4.66. The third kappa shape index (κ3) is 9.51. The number of aliphatic hydroxyl groups excluding tert-OH is 1. The van der Waals surface area contributed by atoms with Gasteiger partial charge in [0, 0.05) is 45.1 Å². The number of pyridine rings is 1. The van der Waals surface area contributed by atoms with Crippen LogP contribution in [-0.2, 0) is 14.3 Å². The van der Waals surface area contributed by atoms with Crippen molar-refractivity contribution in [3.63, 3.8) is 0 Å². The fraction of sp³-hybridized carbons (Fsp3) is 0.355. The lowest BCUT2D eigenvalue weighted by Gasteiger charge is -2.25. The molecule has 0 unspecified atom stereocenters. The summed E-state index contributed by atoms with van der Waals surface area (Å²) in [5, 5.41) is 9.95. The molecule has 1 heterocycles. The molecule has 0 saturated carbocycles. The van der Waals surface area contributed by atoms with Gasteiger partial charge in [-0.05, 0) is 83.1 Å². The lowest BCUT2D eigenvalue weighted by atomic mass is 10.0. The van der Waals surface area contributed by atoms with Crippen LogP contribution in [0.15, 0.2) is 47.0 Å². The molecule has 1 atom stereocenters. The molecule has 1 N–H and O–H groups in total. The van der Waals surface area contributed by atoms with E-state index in [1.807, 2.05) is 13.8 Å². The molecule has 0 spiro atoms. The normalized spacial score (nSPS) is 12.0. The lowest BCUT2D eigenvalue weighted by molar-refractivity contribution is -0.138. The Hall–Kier alpha value is -2.99. The second-order valence-corrected chi connectivity index (χ2v) is 12.4. The Morgan fingerprint density at radius 2 is 1.51 bits per heavy atom. The van der Waals surface area contributed by atoms with E-state index in [0.717, 1.165) is 6.07 Å². The molecule has 0 bridgehead atoms. The molecule has 244 valence electrons. The van der Waals surface area contributed by atoms with E-state index in [1.165, 1.54) is 29.4 Å². The van der Waals surface area contributed by atoms with Crippen molar-refractivity contribution >= 4 is 73.8 Å². The molecule has 0 aliphatic rings. The third-order valence-corrected chi connectivity index (χ3v) is 7.92. The number of nitrogens with zero attached hydrogens (tertiary/aromatic N) is 2. The van der Waals surface area contributed by atoms with Gasteiger partial charge in [0.1, 0.15) is 28.6 Å². The van der Waals surface area contributed by atoms with Crippen LogP contribution in [0.3, 0.4) is 0 Å². The average Bonchev–Trinajstić information content (AvgIpc) is 2.96. The van der Waals surface area contributed by atoms with Crippen LogP contribution in [-0.4, -0.2) is 66.2 Å². The van der Waals surface area contributed by atoms with E-state index < -0.39 is 46.6 Å². The van der Waals surface area contributed by atoms with Crippen LogP contribution < -0.4 is 5.43 Å². The highest BCUT2D eigenvalue weighted by molar-refractivity contribution is 14.1. The highest BCUT2D eigenvalue weighted by Crippen LogP contribution is 2.26. The molecule has 0 fully saturated rings. The Bertz CT molecular complexity index is 1670. The summed E-state index contributed by atoms with van der Waals surface area (Å²) in [7, 11) is 3.22. The average molecular weight is 856 g/mol. The lowest BCUT2D eigenvalue weighted by Crippen LogP contribution is -2.26. The number of benzene rings is 2. The number of aliphatic hydroxyl groups is 1. The number of fused-ring (bicyclic) bond motifs is 1. The first-order valence-corrected chi connectivity index (χ1v) is 15.8. The summed E-state index contributed by atoms with van der Waals surface area (Å²) in [6, 6.07) is 3.96. The number of hydrogen-bond donors (Lipinski definition) is 1. The van der Waals surface area contributed by atoms with Crippen molar-refractivity contribution in [3.05, 3.63) is 88.2 Å². The van der Waals surface area contributed by atoms with Gasteiger partial charge in [0.15, 0.2) is 0 Å². The minimum atomic E-state index is -1.02. The molecule has 1 aromatic heterocycles. The van der Waals surface area contributed by atoms with Crippen LogP contribution >= 0.6 is 45.2 Å². The fourth-order valence-corrected chi connectivity index (χ4v) is 5.04. The van der Waals surface area contributed by atoms with E-state index >= 15 is 0 Å². The van der Waals surface area contributed by atoms with Crippen molar-refractivity contribution in [1.29, 1.82) is 0 Å². The second kappa shape index (κ2) is 17.1. The predicted octanol–water partition coefficient (Wildman–Crippen LogP) is 5.87. The smallest absolute Gasteiger partial charge is 0.343 e. The van der Waals surface area contributed by atoms with Gasteiger partial charge in [0.25, 0.3) is 0 Å². The topological polar surface area (TPSA) is 115 Å². The van der Waals surface area contributed by atoms with Crippen molar-refractivity contribution in [2.45, 2.75) is 33.7 Å². The van der Waals surface area contributed by atoms with Crippen molar-refractivity contribution < 1.29 is 42.1 Å². The maximum Gasteiger partial charge on any atom is 0.343 e. The predicted molar refractivity (Wildman–Crippen MR) is 180 cm³/mol. The number of esters is 2. The largest absolute Gasteiger partial charge is 0.462 e. The number of ketones is 1. The molecule has 0 aliphatic carbocycles. The zero-order chi connectivity index (χ0) is 34.2. The van der Waals surface area contributed by atoms with Gasteiger partial charge < -0.3 is 24.0 Å². The van der Waals surface area contributed by atoms with E-state index in [9.17, 15) is 37.5 Å². The number of rotatable bonds is 10. The highest BCUT2D eigenvalue weighted by Gasteiger charge is 2.26. The minimum Gasteiger partial charge on any atom is -0.462 e. The summed E-state index contributed by atoms with van der Waals surface area (Å²) >= 11 is 3.44. The Morgan fingerprint density at radius 3 is 2.04 bits per heavy atom. The standard InChI is InChI=1S/C17H19FINO4.C14H14F2INO3/c1-4-24-17(23)11-7-20(15(8-21)9(2)3)14-6-12(18)13(19)5-10(14)16(11)22;1-4-21-14(20)9(7-18(2)3)13(19)8-5-12(17)11(16)6-10(8)15/h5-7,9,15,21H,4,8H2,1-3H3;5-7H,4H2,1-3H3/b;9-7-/t15-;/m1./s1. The van der Waals surface area contributed by atoms with Crippen LogP contribution in [0.1, 0.15) is 54.5 Å². The molecule has 0 radical (unpaired) electrons. The molecule has 9 nitrogen and oxygen atoms in total. The molecule has 0 saturated heterocycles.